The quantitative estimate of drug-likeness (QED) is 0.703. The molecule has 0 saturated heterocycles. The maximum Gasteiger partial charge on any atom is 0.129 e. The molecule has 0 fully saturated rings. The molecule has 1 aliphatic rings. The van der Waals surface area contributed by atoms with E-state index < -0.39 is 0 Å². The molecule has 0 spiro atoms. The highest BCUT2D eigenvalue weighted by molar-refractivity contribution is 8.93. The Labute approximate surface area is 155 Å². The first-order valence-electron chi connectivity index (χ1n) is 7.19. The Hall–Kier alpha value is -1.04. The number of aliphatic imine (C=N–C) groups is 1. The molecule has 0 saturated carbocycles. The lowest BCUT2D eigenvalue weighted by atomic mass is 10.2. The van der Waals surface area contributed by atoms with E-state index in [0.29, 0.717) is 16.3 Å². The number of nitrogens with zero attached hydrogens (tertiary/aromatic N) is 1. The SMILES string of the molecule is Br.Fc1cccc(Cl)c1CSc1ccccc1C1=NCCCN1. The van der Waals surface area contributed by atoms with Crippen LogP contribution >= 0.6 is 40.3 Å². The monoisotopic (exact) mass is 414 g/mol. The zero-order chi connectivity index (χ0) is 15.4. The number of hydrogen-bond acceptors (Lipinski definition) is 3. The van der Waals surface area contributed by atoms with Gasteiger partial charge in [-0.05, 0) is 24.6 Å². The Balaban J connectivity index is 0.00000192. The Morgan fingerprint density at radius 1 is 1.17 bits per heavy atom. The van der Waals surface area contributed by atoms with Crippen molar-refractivity contribution in [2.75, 3.05) is 13.1 Å². The van der Waals surface area contributed by atoms with Gasteiger partial charge in [0.25, 0.3) is 0 Å². The van der Waals surface area contributed by atoms with Gasteiger partial charge in [0.05, 0.1) is 0 Å². The van der Waals surface area contributed by atoms with Crippen molar-refractivity contribution in [3.8, 4) is 0 Å². The average Bonchev–Trinajstić information content (AvgIpc) is 2.56. The zero-order valence-corrected chi connectivity index (χ0v) is 15.7. The highest BCUT2D eigenvalue weighted by Gasteiger charge is 2.13. The van der Waals surface area contributed by atoms with Gasteiger partial charge in [-0.3, -0.25) is 4.99 Å². The van der Waals surface area contributed by atoms with Gasteiger partial charge in [0.15, 0.2) is 0 Å². The summed E-state index contributed by atoms with van der Waals surface area (Å²) in [5.74, 6) is 1.16. The second-order valence-electron chi connectivity index (χ2n) is 5.00. The molecule has 0 amide bonds. The third-order valence-corrected chi connectivity index (χ3v) is 4.93. The summed E-state index contributed by atoms with van der Waals surface area (Å²) < 4.78 is 13.9. The Kier molecular flexibility index (Phi) is 6.93. The van der Waals surface area contributed by atoms with Crippen LogP contribution in [0, 0.1) is 5.82 Å². The molecule has 0 bridgehead atoms. The van der Waals surface area contributed by atoms with Crippen LogP contribution in [0.1, 0.15) is 17.5 Å². The van der Waals surface area contributed by atoms with Crippen LogP contribution in [-0.4, -0.2) is 18.9 Å². The Morgan fingerprint density at radius 2 is 2.00 bits per heavy atom. The van der Waals surface area contributed by atoms with E-state index in [1.807, 2.05) is 24.3 Å². The summed E-state index contributed by atoms with van der Waals surface area (Å²) >= 11 is 7.67. The van der Waals surface area contributed by atoms with Gasteiger partial charge in [-0.15, -0.1) is 28.7 Å². The van der Waals surface area contributed by atoms with Crippen molar-refractivity contribution in [2.24, 2.45) is 4.99 Å². The fourth-order valence-electron chi connectivity index (χ4n) is 2.32. The first-order chi connectivity index (χ1) is 10.8. The number of benzene rings is 2. The van der Waals surface area contributed by atoms with Crippen LogP contribution in [0.2, 0.25) is 5.02 Å². The van der Waals surface area contributed by atoms with Gasteiger partial charge in [-0.2, -0.15) is 0 Å². The molecular formula is C17H17BrClFN2S. The fourth-order valence-corrected chi connectivity index (χ4v) is 3.72. The lowest BCUT2D eigenvalue weighted by Crippen LogP contribution is -2.30. The van der Waals surface area contributed by atoms with Gasteiger partial charge in [0.1, 0.15) is 11.7 Å². The standard InChI is InChI=1S/C17H16ClFN2S.BrH/c18-14-6-3-7-15(19)13(14)11-22-16-8-2-1-5-12(16)17-20-9-4-10-21-17;/h1-3,5-8H,4,9-11H2,(H,20,21);1H. The second kappa shape index (κ2) is 8.71. The van der Waals surface area contributed by atoms with E-state index in [-0.39, 0.29) is 22.8 Å². The molecule has 0 unspecified atom stereocenters. The molecule has 2 aromatic rings. The third kappa shape index (κ3) is 4.49. The molecule has 1 N–H and O–H groups in total. The van der Waals surface area contributed by atoms with Crippen molar-refractivity contribution in [3.05, 3.63) is 64.4 Å². The number of nitrogens with one attached hydrogen (secondary N) is 1. The van der Waals surface area contributed by atoms with Crippen LogP contribution < -0.4 is 5.32 Å². The second-order valence-corrected chi connectivity index (χ2v) is 6.42. The molecule has 0 aliphatic carbocycles. The van der Waals surface area contributed by atoms with Gasteiger partial charge in [-0.1, -0.05) is 35.9 Å². The summed E-state index contributed by atoms with van der Waals surface area (Å²) in [7, 11) is 0. The van der Waals surface area contributed by atoms with E-state index in [9.17, 15) is 4.39 Å². The van der Waals surface area contributed by atoms with E-state index >= 15 is 0 Å². The molecule has 6 heteroatoms. The Bertz CT molecular complexity index is 688. The lowest BCUT2D eigenvalue weighted by molar-refractivity contribution is 0.617. The van der Waals surface area contributed by atoms with E-state index in [1.54, 1.807) is 23.9 Å². The number of rotatable bonds is 4. The van der Waals surface area contributed by atoms with Crippen LogP contribution in [0.3, 0.4) is 0 Å². The topological polar surface area (TPSA) is 24.4 Å². The van der Waals surface area contributed by atoms with Gasteiger partial charge in [-0.25, -0.2) is 4.39 Å². The van der Waals surface area contributed by atoms with Crippen LogP contribution in [0.15, 0.2) is 52.4 Å². The molecule has 122 valence electrons. The molecule has 0 aromatic heterocycles. The molecule has 0 radical (unpaired) electrons. The number of halogens is 3. The first kappa shape index (κ1) is 18.3. The van der Waals surface area contributed by atoms with Crippen molar-refractivity contribution in [1.82, 2.24) is 5.32 Å². The summed E-state index contributed by atoms with van der Waals surface area (Å²) in [6.07, 6.45) is 1.06. The normalized spacial score (nSPS) is 13.7. The van der Waals surface area contributed by atoms with Crippen LogP contribution in [-0.2, 0) is 5.75 Å². The smallest absolute Gasteiger partial charge is 0.129 e. The van der Waals surface area contributed by atoms with Gasteiger partial charge >= 0.3 is 0 Å². The molecule has 2 nitrogen and oxygen atoms in total. The van der Waals surface area contributed by atoms with E-state index in [4.69, 9.17) is 11.6 Å². The highest BCUT2D eigenvalue weighted by Crippen LogP contribution is 2.30. The summed E-state index contributed by atoms with van der Waals surface area (Å²) in [6, 6.07) is 12.8. The van der Waals surface area contributed by atoms with E-state index in [0.717, 1.165) is 35.8 Å². The maximum atomic E-state index is 13.9. The van der Waals surface area contributed by atoms with Gasteiger partial charge < -0.3 is 5.32 Å². The molecule has 1 aliphatic heterocycles. The van der Waals surface area contributed by atoms with Crippen LogP contribution in [0.5, 0.6) is 0 Å². The largest absolute Gasteiger partial charge is 0.370 e. The van der Waals surface area contributed by atoms with Crippen molar-refractivity contribution in [1.29, 1.82) is 0 Å². The summed E-state index contributed by atoms with van der Waals surface area (Å²) in [6.45, 7) is 1.79. The summed E-state index contributed by atoms with van der Waals surface area (Å²) in [5, 5.41) is 3.80. The molecule has 1 heterocycles. The highest BCUT2D eigenvalue weighted by atomic mass is 79.9. The van der Waals surface area contributed by atoms with Crippen LogP contribution in [0.25, 0.3) is 0 Å². The minimum atomic E-state index is -0.259. The summed E-state index contributed by atoms with van der Waals surface area (Å²) in [4.78, 5) is 5.62. The molecular weight excluding hydrogens is 399 g/mol. The third-order valence-electron chi connectivity index (χ3n) is 3.47. The predicted molar refractivity (Wildman–Crippen MR) is 102 cm³/mol. The molecule has 2 aromatic carbocycles. The molecule has 0 atom stereocenters. The van der Waals surface area contributed by atoms with Crippen molar-refractivity contribution in [3.63, 3.8) is 0 Å². The van der Waals surface area contributed by atoms with Crippen molar-refractivity contribution >= 4 is 46.2 Å². The van der Waals surface area contributed by atoms with E-state index in [1.165, 1.54) is 6.07 Å². The Morgan fingerprint density at radius 3 is 2.74 bits per heavy atom. The number of thioether (sulfide) groups is 1. The first-order valence-corrected chi connectivity index (χ1v) is 8.55. The lowest BCUT2D eigenvalue weighted by Gasteiger charge is -2.17. The fraction of sp³-hybridized carbons (Fsp3) is 0.235. The van der Waals surface area contributed by atoms with Gasteiger partial charge in [0.2, 0.25) is 0 Å². The van der Waals surface area contributed by atoms with Crippen molar-refractivity contribution in [2.45, 2.75) is 17.1 Å². The minimum absolute atomic E-state index is 0. The van der Waals surface area contributed by atoms with Crippen molar-refractivity contribution < 1.29 is 4.39 Å². The average molecular weight is 416 g/mol. The minimum Gasteiger partial charge on any atom is -0.370 e. The zero-order valence-electron chi connectivity index (χ0n) is 12.4. The number of amidine groups is 1. The summed E-state index contributed by atoms with van der Waals surface area (Å²) in [5.41, 5.74) is 1.61. The molecule has 23 heavy (non-hydrogen) atoms. The maximum absolute atomic E-state index is 13.9. The molecule has 3 rings (SSSR count). The van der Waals surface area contributed by atoms with E-state index in [2.05, 4.69) is 10.3 Å². The number of hydrogen-bond donors (Lipinski definition) is 1. The van der Waals surface area contributed by atoms with Crippen LogP contribution in [0.4, 0.5) is 4.39 Å². The predicted octanol–water partition coefficient (Wildman–Crippen LogP) is 5.09. The van der Waals surface area contributed by atoms with Gasteiger partial charge in [0, 0.05) is 39.9 Å².